The summed E-state index contributed by atoms with van der Waals surface area (Å²) in [6.45, 7) is 6.58. The summed E-state index contributed by atoms with van der Waals surface area (Å²) in [7, 11) is 0. The number of carbonyl (C=O) groups excluding carboxylic acids is 2. The molecule has 116 valence electrons. The van der Waals surface area contributed by atoms with E-state index in [0.29, 0.717) is 13.0 Å². The average Bonchev–Trinajstić information content (AvgIpc) is 2.34. The van der Waals surface area contributed by atoms with Gasteiger partial charge in [-0.15, -0.1) is 0 Å². The number of nitrogens with zero attached hydrogens (tertiary/aromatic N) is 1. The molecule has 0 aliphatic rings. The number of ether oxygens (including phenoxy) is 2. The molecule has 0 radical (unpaired) electrons. The van der Waals surface area contributed by atoms with Gasteiger partial charge in [-0.3, -0.25) is 19.7 Å². The summed E-state index contributed by atoms with van der Waals surface area (Å²) in [4.78, 5) is 33.7. The van der Waals surface area contributed by atoms with Crippen LogP contribution in [0.5, 0.6) is 0 Å². The topological polar surface area (TPSA) is 95.7 Å². The number of carbonyl (C=O) groups is 2. The van der Waals surface area contributed by atoms with Crippen molar-refractivity contribution < 1.29 is 24.0 Å². The molecule has 0 aromatic heterocycles. The third-order valence-corrected chi connectivity index (χ3v) is 3.07. The summed E-state index contributed by atoms with van der Waals surface area (Å²) in [5, 5.41) is 11.1. The van der Waals surface area contributed by atoms with Gasteiger partial charge in [-0.1, -0.05) is 0 Å². The van der Waals surface area contributed by atoms with Gasteiger partial charge in [0.05, 0.1) is 13.2 Å². The molecule has 0 aliphatic carbocycles. The minimum absolute atomic E-state index is 0.136. The van der Waals surface area contributed by atoms with Crippen molar-refractivity contribution in [2.75, 3.05) is 13.2 Å². The summed E-state index contributed by atoms with van der Waals surface area (Å²) < 4.78 is 9.66. The first-order valence-electron chi connectivity index (χ1n) is 6.74. The Morgan fingerprint density at radius 2 is 1.75 bits per heavy atom. The summed E-state index contributed by atoms with van der Waals surface area (Å²) in [6.07, 6.45) is 0.697. The lowest BCUT2D eigenvalue weighted by Crippen LogP contribution is -2.44. The van der Waals surface area contributed by atoms with Crippen LogP contribution in [0.25, 0.3) is 0 Å². The second-order valence-electron chi connectivity index (χ2n) is 4.91. The van der Waals surface area contributed by atoms with Gasteiger partial charge >= 0.3 is 11.9 Å². The Bertz CT molecular complexity index is 353. The SMILES string of the molecule is CCOC(=O)CCCC(C(=O)OCC)C(C)(C)[N+](=O)[O-]. The second-order valence-corrected chi connectivity index (χ2v) is 4.91. The van der Waals surface area contributed by atoms with Crippen LogP contribution in [-0.2, 0) is 19.1 Å². The van der Waals surface area contributed by atoms with E-state index in [-0.39, 0.29) is 25.4 Å². The zero-order valence-electron chi connectivity index (χ0n) is 12.5. The predicted octanol–water partition coefficient (Wildman–Crippen LogP) is 1.95. The lowest BCUT2D eigenvalue weighted by atomic mass is 9.84. The van der Waals surface area contributed by atoms with Gasteiger partial charge in [0.2, 0.25) is 5.54 Å². The van der Waals surface area contributed by atoms with Crippen LogP contribution in [0.15, 0.2) is 0 Å². The molecule has 7 nitrogen and oxygen atoms in total. The van der Waals surface area contributed by atoms with Crippen molar-refractivity contribution in [3.63, 3.8) is 0 Å². The monoisotopic (exact) mass is 289 g/mol. The van der Waals surface area contributed by atoms with E-state index in [4.69, 9.17) is 9.47 Å². The molecule has 1 atom stereocenters. The van der Waals surface area contributed by atoms with Gasteiger partial charge in [-0.05, 0) is 26.7 Å². The van der Waals surface area contributed by atoms with Gasteiger partial charge in [0.15, 0.2) is 0 Å². The van der Waals surface area contributed by atoms with Crippen LogP contribution in [0.4, 0.5) is 0 Å². The van der Waals surface area contributed by atoms with E-state index in [1.165, 1.54) is 13.8 Å². The molecule has 20 heavy (non-hydrogen) atoms. The summed E-state index contributed by atoms with van der Waals surface area (Å²) in [5.41, 5.74) is -1.43. The van der Waals surface area contributed by atoms with Crippen LogP contribution in [0.1, 0.15) is 47.0 Å². The Hall–Kier alpha value is -1.66. The van der Waals surface area contributed by atoms with Gasteiger partial charge in [-0.25, -0.2) is 0 Å². The van der Waals surface area contributed by atoms with Crippen molar-refractivity contribution in [1.29, 1.82) is 0 Å². The zero-order valence-corrected chi connectivity index (χ0v) is 12.5. The van der Waals surface area contributed by atoms with Crippen molar-refractivity contribution in [3.8, 4) is 0 Å². The molecule has 0 aliphatic heterocycles. The van der Waals surface area contributed by atoms with E-state index >= 15 is 0 Å². The van der Waals surface area contributed by atoms with Crippen LogP contribution in [0, 0.1) is 16.0 Å². The maximum atomic E-state index is 11.9. The van der Waals surface area contributed by atoms with Crippen molar-refractivity contribution in [2.45, 2.75) is 52.5 Å². The predicted molar refractivity (Wildman–Crippen MR) is 71.7 cm³/mol. The first-order chi connectivity index (χ1) is 9.27. The molecule has 1 unspecified atom stereocenters. The van der Waals surface area contributed by atoms with Crippen LogP contribution >= 0.6 is 0 Å². The lowest BCUT2D eigenvalue weighted by Gasteiger charge is -2.24. The maximum absolute atomic E-state index is 11.9. The average molecular weight is 289 g/mol. The summed E-state index contributed by atoms with van der Waals surface area (Å²) >= 11 is 0. The fourth-order valence-electron chi connectivity index (χ4n) is 1.81. The third-order valence-electron chi connectivity index (χ3n) is 3.07. The molecule has 0 N–H and O–H groups in total. The minimum Gasteiger partial charge on any atom is -0.466 e. The standard InChI is InChI=1S/C13H23NO6/c1-5-19-11(15)9-7-8-10(12(16)20-6-2)13(3,4)14(17)18/h10H,5-9H2,1-4H3. The van der Waals surface area contributed by atoms with Crippen molar-refractivity contribution >= 4 is 11.9 Å². The van der Waals surface area contributed by atoms with Crippen molar-refractivity contribution in [3.05, 3.63) is 10.1 Å². The maximum Gasteiger partial charge on any atom is 0.316 e. The number of rotatable bonds is 9. The van der Waals surface area contributed by atoms with Gasteiger partial charge in [0, 0.05) is 25.2 Å². The van der Waals surface area contributed by atoms with E-state index in [1.807, 2.05) is 0 Å². The molecule has 0 bridgehead atoms. The molecular formula is C13H23NO6. The first kappa shape index (κ1) is 18.3. The molecule has 0 heterocycles. The largest absolute Gasteiger partial charge is 0.466 e. The number of esters is 2. The highest BCUT2D eigenvalue weighted by atomic mass is 16.6. The summed E-state index contributed by atoms with van der Waals surface area (Å²) in [5.74, 6) is -1.85. The van der Waals surface area contributed by atoms with Gasteiger partial charge in [-0.2, -0.15) is 0 Å². The zero-order chi connectivity index (χ0) is 15.8. The molecule has 0 amide bonds. The van der Waals surface area contributed by atoms with Crippen molar-refractivity contribution in [2.24, 2.45) is 5.92 Å². The van der Waals surface area contributed by atoms with Crippen molar-refractivity contribution in [1.82, 2.24) is 0 Å². The van der Waals surface area contributed by atoms with Gasteiger partial charge in [0.1, 0.15) is 5.92 Å². The van der Waals surface area contributed by atoms with E-state index in [1.54, 1.807) is 13.8 Å². The molecular weight excluding hydrogens is 266 g/mol. The molecule has 7 heteroatoms. The molecule has 0 rings (SSSR count). The highest BCUT2D eigenvalue weighted by Gasteiger charge is 2.45. The molecule has 0 saturated heterocycles. The quantitative estimate of drug-likeness (QED) is 0.366. The Kier molecular flexibility index (Phi) is 7.79. The van der Waals surface area contributed by atoms with E-state index in [9.17, 15) is 19.7 Å². The Morgan fingerprint density at radius 1 is 1.20 bits per heavy atom. The van der Waals surface area contributed by atoms with Crippen LogP contribution < -0.4 is 0 Å². The Balaban J connectivity index is 4.67. The fourth-order valence-corrected chi connectivity index (χ4v) is 1.81. The number of hydrogen-bond acceptors (Lipinski definition) is 6. The molecule has 0 aromatic carbocycles. The van der Waals surface area contributed by atoms with E-state index in [2.05, 4.69) is 0 Å². The highest BCUT2D eigenvalue weighted by molar-refractivity contribution is 5.74. The molecule has 0 saturated carbocycles. The molecule has 0 fully saturated rings. The first-order valence-corrected chi connectivity index (χ1v) is 6.74. The van der Waals surface area contributed by atoms with Crippen LogP contribution in [0.2, 0.25) is 0 Å². The van der Waals surface area contributed by atoms with E-state index in [0.717, 1.165) is 0 Å². The van der Waals surface area contributed by atoms with E-state index < -0.39 is 22.3 Å². The fraction of sp³-hybridized carbons (Fsp3) is 0.846. The third kappa shape index (κ3) is 5.54. The van der Waals surface area contributed by atoms with Crippen LogP contribution in [-0.4, -0.2) is 35.6 Å². The Morgan fingerprint density at radius 3 is 2.20 bits per heavy atom. The van der Waals surface area contributed by atoms with Gasteiger partial charge < -0.3 is 9.47 Å². The Labute approximate surface area is 118 Å². The minimum atomic E-state index is -1.43. The smallest absolute Gasteiger partial charge is 0.316 e. The van der Waals surface area contributed by atoms with Crippen LogP contribution in [0.3, 0.4) is 0 Å². The molecule has 0 aromatic rings. The second kappa shape index (κ2) is 8.50. The lowest BCUT2D eigenvalue weighted by molar-refractivity contribution is -0.568. The summed E-state index contributed by atoms with van der Waals surface area (Å²) in [6, 6.07) is 0. The van der Waals surface area contributed by atoms with Gasteiger partial charge in [0.25, 0.3) is 0 Å². The highest BCUT2D eigenvalue weighted by Crippen LogP contribution is 2.27. The number of hydrogen-bond donors (Lipinski definition) is 0. The normalized spacial score (nSPS) is 12.6. The molecule has 0 spiro atoms. The number of nitro groups is 1.